The molecule has 21 heavy (non-hydrogen) atoms. The highest BCUT2D eigenvalue weighted by molar-refractivity contribution is 6.04. The molecule has 0 bridgehead atoms. The van der Waals surface area contributed by atoms with E-state index in [0.29, 0.717) is 11.5 Å². The van der Waals surface area contributed by atoms with Gasteiger partial charge in [0.15, 0.2) is 17.3 Å². The van der Waals surface area contributed by atoms with Crippen molar-refractivity contribution in [2.45, 2.75) is 0 Å². The maximum Gasteiger partial charge on any atom is 0.280 e. The van der Waals surface area contributed by atoms with Gasteiger partial charge in [0.25, 0.3) is 5.91 Å². The van der Waals surface area contributed by atoms with Gasteiger partial charge in [0.05, 0.1) is 0 Å². The quantitative estimate of drug-likeness (QED) is 0.636. The summed E-state index contributed by atoms with van der Waals surface area (Å²) in [6.45, 7) is 0. The summed E-state index contributed by atoms with van der Waals surface area (Å²) in [5.41, 5.74) is 6.21. The predicted octanol–water partition coefficient (Wildman–Crippen LogP) is 0.491. The lowest BCUT2D eigenvalue weighted by Crippen LogP contribution is -2.17. The molecule has 9 heteroatoms. The zero-order chi connectivity index (χ0) is 14.7. The van der Waals surface area contributed by atoms with Crippen molar-refractivity contribution < 1.29 is 4.79 Å². The number of rotatable bonds is 3. The van der Waals surface area contributed by atoms with Crippen molar-refractivity contribution in [2.75, 3.05) is 11.1 Å². The molecule has 9 nitrogen and oxygen atoms in total. The van der Waals surface area contributed by atoms with Gasteiger partial charge in [-0.25, -0.2) is 9.97 Å². The molecule has 0 radical (unpaired) electrons. The van der Waals surface area contributed by atoms with Crippen molar-refractivity contribution in [1.82, 2.24) is 30.1 Å². The van der Waals surface area contributed by atoms with Crippen LogP contribution in [0.5, 0.6) is 0 Å². The molecule has 0 spiro atoms. The van der Waals surface area contributed by atoms with Crippen molar-refractivity contribution in [3.8, 4) is 11.5 Å². The Morgan fingerprint density at radius 2 is 2.00 bits per heavy atom. The Morgan fingerprint density at radius 1 is 1.14 bits per heavy atom. The Morgan fingerprint density at radius 3 is 2.76 bits per heavy atom. The average molecular weight is 282 g/mol. The number of nitrogens with zero attached hydrogens (tertiary/aromatic N) is 5. The highest BCUT2D eigenvalue weighted by Gasteiger charge is 2.15. The molecule has 0 saturated carbocycles. The molecule has 0 unspecified atom stereocenters. The van der Waals surface area contributed by atoms with E-state index in [1.54, 1.807) is 18.3 Å². The van der Waals surface area contributed by atoms with Gasteiger partial charge in [-0.05, 0) is 12.1 Å². The normalized spacial score (nSPS) is 10.3. The molecule has 0 aliphatic rings. The second-order valence-electron chi connectivity index (χ2n) is 3.97. The fourth-order valence-corrected chi connectivity index (χ4v) is 1.62. The molecule has 0 fully saturated rings. The summed E-state index contributed by atoms with van der Waals surface area (Å²) in [5.74, 6) is 0.0476. The number of H-pyrrole nitrogens is 1. The van der Waals surface area contributed by atoms with Gasteiger partial charge >= 0.3 is 0 Å². The van der Waals surface area contributed by atoms with Gasteiger partial charge in [-0.2, -0.15) is 4.98 Å². The number of carbonyl (C=O) groups excluding carboxylic acids is 1. The number of nitrogens with two attached hydrogens (primary N) is 1. The molecular formula is C12H10N8O. The van der Waals surface area contributed by atoms with Gasteiger partial charge in [0.1, 0.15) is 5.69 Å². The Labute approximate surface area is 118 Å². The molecule has 3 aromatic heterocycles. The number of anilines is 2. The maximum absolute atomic E-state index is 12.0. The summed E-state index contributed by atoms with van der Waals surface area (Å²) in [5, 5.41) is 9.07. The monoisotopic (exact) mass is 282 g/mol. The van der Waals surface area contributed by atoms with Gasteiger partial charge in [0, 0.05) is 18.6 Å². The lowest BCUT2D eigenvalue weighted by atomic mass is 10.3. The van der Waals surface area contributed by atoms with Gasteiger partial charge in [0.2, 0.25) is 5.95 Å². The number of hydrogen-bond donors (Lipinski definition) is 3. The van der Waals surface area contributed by atoms with E-state index in [4.69, 9.17) is 5.73 Å². The first kappa shape index (κ1) is 12.7. The van der Waals surface area contributed by atoms with Gasteiger partial charge < -0.3 is 5.73 Å². The van der Waals surface area contributed by atoms with Crippen molar-refractivity contribution in [1.29, 1.82) is 0 Å². The minimum absolute atomic E-state index is 0.0155. The van der Waals surface area contributed by atoms with Crippen LogP contribution in [0.25, 0.3) is 11.5 Å². The fourth-order valence-electron chi connectivity index (χ4n) is 1.62. The lowest BCUT2D eigenvalue weighted by Gasteiger charge is -2.01. The van der Waals surface area contributed by atoms with E-state index >= 15 is 0 Å². The lowest BCUT2D eigenvalue weighted by molar-refractivity contribution is 0.102. The smallest absolute Gasteiger partial charge is 0.280 e. The molecule has 0 aliphatic carbocycles. The van der Waals surface area contributed by atoms with Crippen LogP contribution >= 0.6 is 0 Å². The number of hydrogen-bond acceptors (Lipinski definition) is 7. The molecule has 104 valence electrons. The topological polar surface area (TPSA) is 135 Å². The van der Waals surface area contributed by atoms with Crippen LogP contribution in [0.1, 0.15) is 10.5 Å². The zero-order valence-electron chi connectivity index (χ0n) is 10.7. The van der Waals surface area contributed by atoms with Gasteiger partial charge in [-0.15, -0.1) is 5.10 Å². The Balaban J connectivity index is 1.79. The van der Waals surface area contributed by atoms with Crippen LogP contribution in [0.15, 0.2) is 36.8 Å². The van der Waals surface area contributed by atoms with E-state index < -0.39 is 5.91 Å². The molecule has 0 atom stereocenters. The zero-order valence-corrected chi connectivity index (χ0v) is 10.7. The van der Waals surface area contributed by atoms with E-state index in [1.807, 2.05) is 6.07 Å². The van der Waals surface area contributed by atoms with E-state index in [0.717, 1.165) is 0 Å². The third kappa shape index (κ3) is 2.66. The highest BCUT2D eigenvalue weighted by Crippen LogP contribution is 2.13. The van der Waals surface area contributed by atoms with Crippen LogP contribution < -0.4 is 11.1 Å². The number of aromatic amines is 1. The van der Waals surface area contributed by atoms with Crippen LogP contribution in [0.2, 0.25) is 0 Å². The number of carbonyl (C=O) groups is 1. The first-order chi connectivity index (χ1) is 10.2. The van der Waals surface area contributed by atoms with E-state index in [1.165, 1.54) is 12.4 Å². The molecule has 4 N–H and O–H groups in total. The molecule has 3 heterocycles. The van der Waals surface area contributed by atoms with Crippen LogP contribution in [-0.4, -0.2) is 36.0 Å². The van der Waals surface area contributed by atoms with Gasteiger partial charge in [-0.1, -0.05) is 6.07 Å². The second kappa shape index (κ2) is 5.33. The summed E-state index contributed by atoms with van der Waals surface area (Å²) in [7, 11) is 0. The molecular weight excluding hydrogens is 272 g/mol. The number of amides is 1. The third-order valence-corrected chi connectivity index (χ3v) is 2.56. The van der Waals surface area contributed by atoms with Gasteiger partial charge in [-0.3, -0.25) is 20.2 Å². The maximum atomic E-state index is 12.0. The van der Waals surface area contributed by atoms with Crippen molar-refractivity contribution in [3.05, 3.63) is 42.5 Å². The summed E-state index contributed by atoms with van der Waals surface area (Å²) in [4.78, 5) is 27.9. The highest BCUT2D eigenvalue weighted by atomic mass is 16.2. The third-order valence-electron chi connectivity index (χ3n) is 2.56. The van der Waals surface area contributed by atoms with E-state index in [9.17, 15) is 4.79 Å². The largest absolute Gasteiger partial charge is 0.382 e. The molecule has 0 aliphatic heterocycles. The number of aromatic nitrogens is 6. The van der Waals surface area contributed by atoms with Crippen LogP contribution in [-0.2, 0) is 0 Å². The Kier molecular flexibility index (Phi) is 3.21. The Hall–Kier alpha value is -3.36. The average Bonchev–Trinajstić information content (AvgIpc) is 2.97. The number of nitrogen functional groups attached to an aromatic ring is 1. The summed E-state index contributed by atoms with van der Waals surface area (Å²) < 4.78 is 0. The molecule has 3 aromatic rings. The van der Waals surface area contributed by atoms with E-state index in [-0.39, 0.29) is 17.5 Å². The van der Waals surface area contributed by atoms with Crippen LogP contribution in [0, 0.1) is 0 Å². The number of pyridine rings is 1. The SMILES string of the molecule is Nc1nccnc1C(=O)Nc1n[nH]c(-c2ccccn2)n1. The number of nitrogens with one attached hydrogen (secondary N) is 2. The minimum atomic E-state index is -0.535. The molecule has 3 rings (SSSR count). The fraction of sp³-hybridized carbons (Fsp3) is 0. The second-order valence-corrected chi connectivity index (χ2v) is 3.97. The van der Waals surface area contributed by atoms with Crippen molar-refractivity contribution in [2.24, 2.45) is 0 Å². The molecule has 0 saturated heterocycles. The summed E-state index contributed by atoms with van der Waals surface area (Å²) in [6, 6.07) is 5.38. The minimum Gasteiger partial charge on any atom is -0.382 e. The van der Waals surface area contributed by atoms with Crippen LogP contribution in [0.4, 0.5) is 11.8 Å². The summed E-state index contributed by atoms with van der Waals surface area (Å²) >= 11 is 0. The van der Waals surface area contributed by atoms with Crippen molar-refractivity contribution in [3.63, 3.8) is 0 Å². The van der Waals surface area contributed by atoms with Crippen LogP contribution in [0.3, 0.4) is 0 Å². The van der Waals surface area contributed by atoms with E-state index in [2.05, 4.69) is 35.5 Å². The van der Waals surface area contributed by atoms with Crippen molar-refractivity contribution >= 4 is 17.7 Å². The Bertz CT molecular complexity index is 770. The first-order valence-electron chi connectivity index (χ1n) is 5.95. The molecule has 1 amide bonds. The predicted molar refractivity (Wildman–Crippen MR) is 74.0 cm³/mol. The summed E-state index contributed by atoms with van der Waals surface area (Å²) in [6.07, 6.45) is 4.41. The first-order valence-corrected chi connectivity index (χ1v) is 5.95. The molecule has 0 aromatic carbocycles. The standard InChI is InChI=1S/C12H10N8O/c13-9-8(15-5-6-16-9)11(21)18-12-17-10(19-20-12)7-3-1-2-4-14-7/h1-6H,(H2,13,16)(H2,17,18,19,20,21).